The fourth-order valence-corrected chi connectivity index (χ4v) is 3.32. The first-order valence-electron chi connectivity index (χ1n) is 8.07. The molecule has 24 heavy (non-hydrogen) atoms. The number of hydrogen-bond donors (Lipinski definition) is 1. The zero-order chi connectivity index (χ0) is 17.4. The summed E-state index contributed by atoms with van der Waals surface area (Å²) in [4.78, 5) is 0. The van der Waals surface area contributed by atoms with Gasteiger partial charge in [0.1, 0.15) is 11.4 Å². The van der Waals surface area contributed by atoms with E-state index in [2.05, 4.69) is 11.4 Å². The van der Waals surface area contributed by atoms with Crippen LogP contribution in [0.3, 0.4) is 0 Å². The van der Waals surface area contributed by atoms with Crippen LogP contribution in [0.1, 0.15) is 36.1 Å². The average molecular weight is 323 g/mol. The van der Waals surface area contributed by atoms with Crippen LogP contribution < -0.4 is 5.32 Å². The smallest absolute Gasteiger partial charge is 0.139 e. The van der Waals surface area contributed by atoms with E-state index in [4.69, 9.17) is 4.42 Å². The first-order chi connectivity index (χ1) is 11.5. The van der Waals surface area contributed by atoms with Crippen molar-refractivity contribution in [3.8, 4) is 0 Å². The molecule has 0 aliphatic rings. The van der Waals surface area contributed by atoms with E-state index >= 15 is 0 Å². The van der Waals surface area contributed by atoms with Crippen LogP contribution in [-0.2, 0) is 0 Å². The Kier molecular flexibility index (Phi) is 4.18. The van der Waals surface area contributed by atoms with Crippen molar-refractivity contribution in [2.24, 2.45) is 0 Å². The summed E-state index contributed by atoms with van der Waals surface area (Å²) < 4.78 is 20.2. The first-order valence-corrected chi connectivity index (χ1v) is 8.07. The largest absolute Gasteiger partial charge is 0.464 e. The average Bonchev–Trinajstić information content (AvgIpc) is 2.91. The SMILES string of the molecule is CNc1c(C(=C(C)C)c2ccccc2F)cc2c(C)coc2c1C. The third kappa shape index (κ3) is 2.50. The minimum absolute atomic E-state index is 0.211. The molecule has 0 bridgehead atoms. The van der Waals surface area contributed by atoms with Gasteiger partial charge in [0, 0.05) is 34.8 Å². The Morgan fingerprint density at radius 1 is 1.08 bits per heavy atom. The minimum atomic E-state index is -0.211. The van der Waals surface area contributed by atoms with Gasteiger partial charge in [0.15, 0.2) is 0 Å². The summed E-state index contributed by atoms with van der Waals surface area (Å²) in [5.74, 6) is -0.211. The van der Waals surface area contributed by atoms with E-state index in [1.807, 2.05) is 46.9 Å². The monoisotopic (exact) mass is 323 g/mol. The molecule has 0 unspecified atom stereocenters. The lowest BCUT2D eigenvalue weighted by atomic mass is 9.89. The summed E-state index contributed by atoms with van der Waals surface area (Å²) >= 11 is 0. The van der Waals surface area contributed by atoms with E-state index in [0.717, 1.165) is 44.5 Å². The van der Waals surface area contributed by atoms with Gasteiger partial charge in [-0.2, -0.15) is 0 Å². The molecule has 2 nitrogen and oxygen atoms in total. The molecule has 0 radical (unpaired) electrons. The third-order valence-electron chi connectivity index (χ3n) is 4.46. The fourth-order valence-electron chi connectivity index (χ4n) is 3.32. The number of anilines is 1. The maximum Gasteiger partial charge on any atom is 0.139 e. The van der Waals surface area contributed by atoms with Crippen molar-refractivity contribution in [2.45, 2.75) is 27.7 Å². The second-order valence-electron chi connectivity index (χ2n) is 6.32. The highest BCUT2D eigenvalue weighted by Gasteiger charge is 2.19. The van der Waals surface area contributed by atoms with Crippen molar-refractivity contribution in [3.05, 3.63) is 70.2 Å². The van der Waals surface area contributed by atoms with Crippen LogP contribution in [0.5, 0.6) is 0 Å². The summed E-state index contributed by atoms with van der Waals surface area (Å²) in [6.45, 7) is 8.09. The molecule has 1 heterocycles. The molecule has 0 fully saturated rings. The van der Waals surface area contributed by atoms with Gasteiger partial charge in [0.05, 0.1) is 6.26 Å². The van der Waals surface area contributed by atoms with Crippen molar-refractivity contribution in [2.75, 3.05) is 12.4 Å². The van der Waals surface area contributed by atoms with Gasteiger partial charge in [-0.1, -0.05) is 23.8 Å². The third-order valence-corrected chi connectivity index (χ3v) is 4.46. The van der Waals surface area contributed by atoms with Gasteiger partial charge in [-0.15, -0.1) is 0 Å². The van der Waals surface area contributed by atoms with Crippen LogP contribution in [0.2, 0.25) is 0 Å². The van der Waals surface area contributed by atoms with Crippen molar-refractivity contribution in [3.63, 3.8) is 0 Å². The molecule has 0 aliphatic carbocycles. The zero-order valence-corrected chi connectivity index (χ0v) is 14.8. The molecule has 2 aromatic carbocycles. The zero-order valence-electron chi connectivity index (χ0n) is 14.8. The standard InChI is InChI=1S/C21H22FNO/c1-12(2)19(15-8-6-7-9-18(15)22)17-10-16-13(3)11-24-21(16)14(4)20(17)23-5/h6-11,23H,1-5H3. The molecule has 3 heteroatoms. The molecule has 1 N–H and O–H groups in total. The van der Waals surface area contributed by atoms with Crippen molar-refractivity contribution in [1.82, 2.24) is 0 Å². The Hall–Kier alpha value is -2.55. The number of furan rings is 1. The van der Waals surface area contributed by atoms with E-state index in [1.165, 1.54) is 6.07 Å². The topological polar surface area (TPSA) is 25.2 Å². The highest BCUT2D eigenvalue weighted by molar-refractivity contribution is 5.98. The number of benzene rings is 2. The van der Waals surface area contributed by atoms with E-state index in [-0.39, 0.29) is 5.82 Å². The summed E-state index contributed by atoms with van der Waals surface area (Å²) in [5.41, 5.74) is 7.57. The molecular weight excluding hydrogens is 301 g/mol. The maximum atomic E-state index is 14.5. The predicted molar refractivity (Wildman–Crippen MR) is 99.0 cm³/mol. The summed E-state index contributed by atoms with van der Waals surface area (Å²) in [7, 11) is 1.89. The fraction of sp³-hybridized carbons (Fsp3) is 0.238. The first kappa shape index (κ1) is 16.3. The number of allylic oxidation sites excluding steroid dienone is 1. The van der Waals surface area contributed by atoms with Crippen LogP contribution in [-0.4, -0.2) is 7.05 Å². The molecule has 0 aliphatic heterocycles. The Bertz CT molecular complexity index is 946. The second-order valence-corrected chi connectivity index (χ2v) is 6.32. The molecule has 0 spiro atoms. The molecule has 0 saturated carbocycles. The summed E-state index contributed by atoms with van der Waals surface area (Å²) in [6.07, 6.45) is 1.77. The number of halogens is 1. The van der Waals surface area contributed by atoms with Crippen LogP contribution in [0.25, 0.3) is 16.5 Å². The molecule has 124 valence electrons. The van der Waals surface area contributed by atoms with Gasteiger partial charge in [-0.25, -0.2) is 4.39 Å². The Balaban J connectivity index is 2.40. The highest BCUT2D eigenvalue weighted by Crippen LogP contribution is 2.39. The molecule has 3 aromatic rings. The van der Waals surface area contributed by atoms with Crippen molar-refractivity contribution < 1.29 is 8.81 Å². The number of rotatable bonds is 3. The number of fused-ring (bicyclic) bond motifs is 1. The molecular formula is C21H22FNO. The normalized spacial score (nSPS) is 10.9. The summed E-state index contributed by atoms with van der Waals surface area (Å²) in [5, 5.41) is 4.34. The quantitative estimate of drug-likeness (QED) is 0.632. The van der Waals surface area contributed by atoms with Gasteiger partial charge in [-0.3, -0.25) is 0 Å². The summed E-state index contributed by atoms with van der Waals surface area (Å²) in [6, 6.07) is 9.02. The van der Waals surface area contributed by atoms with Gasteiger partial charge in [0.25, 0.3) is 0 Å². The van der Waals surface area contributed by atoms with Gasteiger partial charge in [-0.05, 0) is 51.0 Å². The van der Waals surface area contributed by atoms with Crippen LogP contribution >= 0.6 is 0 Å². The molecule has 0 saturated heterocycles. The molecule has 1 aromatic heterocycles. The number of nitrogens with one attached hydrogen (secondary N) is 1. The second kappa shape index (κ2) is 6.16. The molecule has 0 atom stereocenters. The van der Waals surface area contributed by atoms with Gasteiger partial charge >= 0.3 is 0 Å². The van der Waals surface area contributed by atoms with E-state index in [0.29, 0.717) is 5.56 Å². The van der Waals surface area contributed by atoms with Gasteiger partial charge < -0.3 is 9.73 Å². The maximum absolute atomic E-state index is 14.5. The Morgan fingerprint density at radius 3 is 2.42 bits per heavy atom. The van der Waals surface area contributed by atoms with Crippen molar-refractivity contribution in [1.29, 1.82) is 0 Å². The lowest BCUT2D eigenvalue weighted by Crippen LogP contribution is -2.02. The molecule has 3 rings (SSSR count). The van der Waals surface area contributed by atoms with Crippen molar-refractivity contribution >= 4 is 22.2 Å². The van der Waals surface area contributed by atoms with Gasteiger partial charge in [0.2, 0.25) is 0 Å². The minimum Gasteiger partial charge on any atom is -0.464 e. The number of aryl methyl sites for hydroxylation is 2. The van der Waals surface area contributed by atoms with Crippen LogP contribution in [0.4, 0.5) is 10.1 Å². The molecule has 0 amide bonds. The Labute approximate surface area is 142 Å². The lowest BCUT2D eigenvalue weighted by molar-refractivity contribution is 0.610. The van der Waals surface area contributed by atoms with E-state index < -0.39 is 0 Å². The number of hydrogen-bond acceptors (Lipinski definition) is 2. The van der Waals surface area contributed by atoms with E-state index in [9.17, 15) is 4.39 Å². The highest BCUT2D eigenvalue weighted by atomic mass is 19.1. The Morgan fingerprint density at radius 2 is 1.79 bits per heavy atom. The van der Waals surface area contributed by atoms with Crippen LogP contribution in [0.15, 0.2) is 46.6 Å². The predicted octanol–water partition coefficient (Wildman–Crippen LogP) is 6.07. The van der Waals surface area contributed by atoms with Crippen LogP contribution in [0, 0.1) is 19.7 Å². The van der Waals surface area contributed by atoms with E-state index in [1.54, 1.807) is 12.3 Å². The lowest BCUT2D eigenvalue weighted by Gasteiger charge is -2.18.